The average Bonchev–Trinajstić information content (AvgIpc) is 3.42. The summed E-state index contributed by atoms with van der Waals surface area (Å²) in [7, 11) is 0. The van der Waals surface area contributed by atoms with Crippen molar-refractivity contribution in [1.82, 2.24) is 19.4 Å². The number of ketones is 1. The Kier molecular flexibility index (Phi) is 4.78. The molecule has 1 aromatic carbocycles. The van der Waals surface area contributed by atoms with Gasteiger partial charge in [0, 0.05) is 56.4 Å². The number of carbonyl (C=O) groups excluding carboxylic acids is 2. The van der Waals surface area contributed by atoms with Gasteiger partial charge in [0.2, 0.25) is 17.6 Å². The van der Waals surface area contributed by atoms with Crippen molar-refractivity contribution in [3.8, 4) is 0 Å². The summed E-state index contributed by atoms with van der Waals surface area (Å²) in [5, 5.41) is 0. The molecule has 2 aliphatic heterocycles. The van der Waals surface area contributed by atoms with Gasteiger partial charge in [-0.1, -0.05) is 30.3 Å². The number of anilines is 1. The molecule has 0 saturated carbocycles. The first-order valence-electron chi connectivity index (χ1n) is 10.3. The van der Waals surface area contributed by atoms with Gasteiger partial charge in [-0.25, -0.2) is 9.97 Å². The van der Waals surface area contributed by atoms with Crippen molar-refractivity contribution in [1.29, 1.82) is 0 Å². The van der Waals surface area contributed by atoms with Crippen LogP contribution in [-0.2, 0) is 11.3 Å². The minimum Gasteiger partial charge on any atom is -0.341 e. The second kappa shape index (κ2) is 7.74. The van der Waals surface area contributed by atoms with Crippen LogP contribution in [0.5, 0.6) is 0 Å². The molecule has 0 radical (unpaired) electrons. The van der Waals surface area contributed by atoms with Crippen molar-refractivity contribution in [2.45, 2.75) is 18.9 Å². The number of benzene rings is 1. The number of hydrogen-bond donors (Lipinski definition) is 0. The fourth-order valence-electron chi connectivity index (χ4n) is 4.43. The molecule has 1 fully saturated rings. The number of fused-ring (bicyclic) bond motifs is 1. The van der Waals surface area contributed by atoms with Crippen molar-refractivity contribution < 1.29 is 9.59 Å². The highest BCUT2D eigenvalue weighted by Gasteiger charge is 2.35. The highest BCUT2D eigenvalue weighted by Crippen LogP contribution is 2.33. The largest absolute Gasteiger partial charge is 0.341 e. The van der Waals surface area contributed by atoms with Crippen LogP contribution in [0.1, 0.15) is 34.1 Å². The summed E-state index contributed by atoms with van der Waals surface area (Å²) in [6, 6.07) is 14.9. The lowest BCUT2D eigenvalue weighted by atomic mass is 10.0. The number of carbonyl (C=O) groups is 2. The molecule has 30 heavy (non-hydrogen) atoms. The van der Waals surface area contributed by atoms with Gasteiger partial charge in [0.1, 0.15) is 0 Å². The van der Waals surface area contributed by atoms with Crippen LogP contribution >= 0.6 is 0 Å². The maximum Gasteiger partial charge on any atom is 0.231 e. The summed E-state index contributed by atoms with van der Waals surface area (Å²) in [6.45, 7) is 3.46. The van der Waals surface area contributed by atoms with Crippen molar-refractivity contribution in [3.63, 3.8) is 0 Å². The second-order valence-corrected chi connectivity index (χ2v) is 7.69. The number of rotatable bonds is 4. The van der Waals surface area contributed by atoms with Crippen LogP contribution in [0.15, 0.2) is 60.9 Å². The van der Waals surface area contributed by atoms with Crippen LogP contribution in [0.4, 0.5) is 5.95 Å². The summed E-state index contributed by atoms with van der Waals surface area (Å²) in [5.41, 5.74) is 2.29. The lowest BCUT2D eigenvalue weighted by molar-refractivity contribution is -0.133. The SMILES string of the molecule is O=C(c1ccccc1)c1ccc2n1CC[C@H]2C(=O)N1CCN(c2ncccn2)CC1. The summed E-state index contributed by atoms with van der Waals surface area (Å²) >= 11 is 0. The molecule has 3 aromatic rings. The summed E-state index contributed by atoms with van der Waals surface area (Å²) in [6.07, 6.45) is 4.22. The van der Waals surface area contributed by atoms with E-state index in [2.05, 4.69) is 14.9 Å². The van der Waals surface area contributed by atoms with Gasteiger partial charge in [0.05, 0.1) is 11.6 Å². The first-order chi connectivity index (χ1) is 14.7. The molecule has 0 unspecified atom stereocenters. The molecule has 0 aliphatic carbocycles. The van der Waals surface area contributed by atoms with Gasteiger partial charge in [0.15, 0.2) is 0 Å². The molecule has 1 amide bonds. The number of piperazine rings is 1. The molecular formula is C23H23N5O2. The Bertz CT molecular complexity index is 1060. The Morgan fingerprint density at radius 1 is 0.833 bits per heavy atom. The van der Waals surface area contributed by atoms with E-state index in [9.17, 15) is 9.59 Å². The van der Waals surface area contributed by atoms with Gasteiger partial charge in [-0.3, -0.25) is 9.59 Å². The minimum absolute atomic E-state index is 0.00595. The second-order valence-electron chi connectivity index (χ2n) is 7.69. The highest BCUT2D eigenvalue weighted by atomic mass is 16.2. The van der Waals surface area contributed by atoms with E-state index in [0.29, 0.717) is 36.8 Å². The van der Waals surface area contributed by atoms with Crippen molar-refractivity contribution in [3.05, 3.63) is 77.9 Å². The molecule has 0 spiro atoms. The van der Waals surface area contributed by atoms with E-state index < -0.39 is 0 Å². The molecule has 0 bridgehead atoms. The van der Waals surface area contributed by atoms with Crippen LogP contribution in [0.25, 0.3) is 0 Å². The van der Waals surface area contributed by atoms with Gasteiger partial charge in [0.25, 0.3) is 0 Å². The van der Waals surface area contributed by atoms with Crippen LogP contribution in [0.2, 0.25) is 0 Å². The third-order valence-electron chi connectivity index (χ3n) is 6.01. The van der Waals surface area contributed by atoms with E-state index in [1.165, 1.54) is 0 Å². The van der Waals surface area contributed by atoms with E-state index in [1.807, 2.05) is 51.9 Å². The monoisotopic (exact) mass is 401 g/mol. The zero-order valence-electron chi connectivity index (χ0n) is 16.6. The lowest BCUT2D eigenvalue weighted by Gasteiger charge is -2.35. The topological polar surface area (TPSA) is 71.3 Å². The molecule has 152 valence electrons. The summed E-state index contributed by atoms with van der Waals surface area (Å²) < 4.78 is 2.02. The highest BCUT2D eigenvalue weighted by molar-refractivity contribution is 6.08. The molecule has 7 nitrogen and oxygen atoms in total. The lowest BCUT2D eigenvalue weighted by Crippen LogP contribution is -2.50. The van der Waals surface area contributed by atoms with Crippen molar-refractivity contribution in [2.75, 3.05) is 31.1 Å². The van der Waals surface area contributed by atoms with E-state index in [0.717, 1.165) is 25.2 Å². The molecule has 7 heteroatoms. The standard InChI is InChI=1S/C23H23N5O2/c29-21(17-5-2-1-3-6-17)20-8-7-19-18(9-12-28(19)20)22(30)26-13-15-27(16-14-26)23-24-10-4-11-25-23/h1-8,10-11,18H,9,12-16H2/t18-/m1/s1. The zero-order chi connectivity index (χ0) is 20.5. The normalized spacial score (nSPS) is 18.3. The van der Waals surface area contributed by atoms with Crippen molar-refractivity contribution >= 4 is 17.6 Å². The molecule has 4 heterocycles. The predicted octanol–water partition coefficient (Wildman–Crippen LogP) is 2.35. The van der Waals surface area contributed by atoms with E-state index in [-0.39, 0.29) is 17.6 Å². The molecule has 1 saturated heterocycles. The Hall–Kier alpha value is -3.48. The first kappa shape index (κ1) is 18.5. The van der Waals surface area contributed by atoms with Gasteiger partial charge in [-0.15, -0.1) is 0 Å². The number of amides is 1. The van der Waals surface area contributed by atoms with Gasteiger partial charge in [-0.2, -0.15) is 0 Å². The Balaban J connectivity index is 1.28. The van der Waals surface area contributed by atoms with Crippen LogP contribution in [0.3, 0.4) is 0 Å². The van der Waals surface area contributed by atoms with Crippen LogP contribution in [-0.4, -0.2) is 57.3 Å². The Labute approximate surface area is 175 Å². The molecular weight excluding hydrogens is 378 g/mol. The van der Waals surface area contributed by atoms with Gasteiger partial charge < -0.3 is 14.4 Å². The summed E-state index contributed by atoms with van der Waals surface area (Å²) in [4.78, 5) is 38.8. The fourth-order valence-corrected chi connectivity index (χ4v) is 4.43. The molecule has 1 atom stereocenters. The van der Waals surface area contributed by atoms with E-state index in [1.54, 1.807) is 18.5 Å². The quantitative estimate of drug-likeness (QED) is 0.628. The van der Waals surface area contributed by atoms with Crippen LogP contribution in [0, 0.1) is 0 Å². The molecule has 0 N–H and O–H groups in total. The van der Waals surface area contributed by atoms with E-state index in [4.69, 9.17) is 0 Å². The summed E-state index contributed by atoms with van der Waals surface area (Å²) in [5.74, 6) is 0.691. The molecule has 2 aromatic heterocycles. The molecule has 5 rings (SSSR count). The fraction of sp³-hybridized carbons (Fsp3) is 0.304. The smallest absolute Gasteiger partial charge is 0.231 e. The molecule has 2 aliphatic rings. The van der Waals surface area contributed by atoms with E-state index >= 15 is 0 Å². The van der Waals surface area contributed by atoms with Gasteiger partial charge in [-0.05, 0) is 24.6 Å². The minimum atomic E-state index is -0.179. The number of hydrogen-bond acceptors (Lipinski definition) is 5. The third kappa shape index (κ3) is 3.26. The zero-order valence-corrected chi connectivity index (χ0v) is 16.6. The number of aromatic nitrogens is 3. The predicted molar refractivity (Wildman–Crippen MR) is 112 cm³/mol. The van der Waals surface area contributed by atoms with Gasteiger partial charge >= 0.3 is 0 Å². The Morgan fingerprint density at radius 2 is 1.57 bits per heavy atom. The third-order valence-corrected chi connectivity index (χ3v) is 6.01. The first-order valence-corrected chi connectivity index (χ1v) is 10.3. The van der Waals surface area contributed by atoms with Crippen molar-refractivity contribution in [2.24, 2.45) is 0 Å². The maximum absolute atomic E-state index is 13.2. The van der Waals surface area contributed by atoms with Crippen LogP contribution < -0.4 is 4.90 Å². The maximum atomic E-state index is 13.2. The average molecular weight is 401 g/mol. The number of nitrogens with zero attached hydrogens (tertiary/aromatic N) is 5. The Morgan fingerprint density at radius 3 is 2.30 bits per heavy atom.